The van der Waals surface area contributed by atoms with Gasteiger partial charge in [-0.25, -0.2) is 0 Å². The molecule has 0 spiro atoms. The summed E-state index contributed by atoms with van der Waals surface area (Å²) in [4.78, 5) is 4.21. The zero-order valence-corrected chi connectivity index (χ0v) is 9.54. The SMILES string of the molecule is Cl.c1cncc(C2CC3CCC(C2)N3)c1. The lowest BCUT2D eigenvalue weighted by Gasteiger charge is -2.29. The summed E-state index contributed by atoms with van der Waals surface area (Å²) in [5.41, 5.74) is 1.44. The molecule has 2 aliphatic heterocycles. The number of nitrogens with one attached hydrogen (secondary N) is 1. The van der Waals surface area contributed by atoms with Crippen LogP contribution in [-0.4, -0.2) is 17.1 Å². The lowest BCUT2D eigenvalue weighted by Crippen LogP contribution is -2.37. The standard InChI is InChI=1S/C12H16N2.ClH/c1-2-9(8-13-5-1)10-6-11-3-4-12(7-10)14-11;/h1-2,5,8,10-12,14H,3-4,6-7H2;1H. The maximum Gasteiger partial charge on any atom is 0.0302 e. The maximum absolute atomic E-state index is 4.21. The van der Waals surface area contributed by atoms with Crippen molar-refractivity contribution in [2.45, 2.75) is 43.7 Å². The Kier molecular flexibility index (Phi) is 3.27. The molecule has 2 bridgehead atoms. The van der Waals surface area contributed by atoms with Crippen molar-refractivity contribution >= 4 is 12.4 Å². The summed E-state index contributed by atoms with van der Waals surface area (Å²) in [6.45, 7) is 0. The van der Waals surface area contributed by atoms with E-state index < -0.39 is 0 Å². The summed E-state index contributed by atoms with van der Waals surface area (Å²) in [5, 5.41) is 3.67. The van der Waals surface area contributed by atoms with Gasteiger partial charge in [-0.15, -0.1) is 12.4 Å². The second-order valence-electron chi connectivity index (χ2n) is 4.59. The van der Waals surface area contributed by atoms with Gasteiger partial charge in [0.25, 0.3) is 0 Å². The number of hydrogen-bond donors (Lipinski definition) is 1. The largest absolute Gasteiger partial charge is 0.311 e. The van der Waals surface area contributed by atoms with Crippen molar-refractivity contribution in [3.05, 3.63) is 30.1 Å². The van der Waals surface area contributed by atoms with Crippen LogP contribution in [0, 0.1) is 0 Å². The van der Waals surface area contributed by atoms with Crippen LogP contribution in [0.4, 0.5) is 0 Å². The quantitative estimate of drug-likeness (QED) is 0.793. The number of nitrogens with zero attached hydrogens (tertiary/aromatic N) is 1. The molecule has 0 radical (unpaired) electrons. The van der Waals surface area contributed by atoms with Gasteiger partial charge in [-0.1, -0.05) is 6.07 Å². The van der Waals surface area contributed by atoms with Gasteiger partial charge in [0, 0.05) is 24.5 Å². The highest BCUT2D eigenvalue weighted by molar-refractivity contribution is 5.85. The summed E-state index contributed by atoms with van der Waals surface area (Å²) in [7, 11) is 0. The number of rotatable bonds is 1. The molecule has 2 saturated heterocycles. The Hall–Kier alpha value is -0.600. The number of fused-ring (bicyclic) bond motifs is 2. The first-order valence-electron chi connectivity index (χ1n) is 5.58. The van der Waals surface area contributed by atoms with Gasteiger partial charge in [0.15, 0.2) is 0 Å². The van der Waals surface area contributed by atoms with E-state index in [1.165, 1.54) is 31.2 Å². The van der Waals surface area contributed by atoms with E-state index in [1.807, 2.05) is 12.4 Å². The fourth-order valence-electron chi connectivity index (χ4n) is 2.95. The smallest absolute Gasteiger partial charge is 0.0302 e. The second kappa shape index (κ2) is 4.50. The van der Waals surface area contributed by atoms with Crippen molar-refractivity contribution in [2.24, 2.45) is 0 Å². The molecule has 0 aromatic carbocycles. The number of halogens is 1. The first-order valence-corrected chi connectivity index (χ1v) is 5.58. The summed E-state index contributed by atoms with van der Waals surface area (Å²) >= 11 is 0. The third-order valence-corrected chi connectivity index (χ3v) is 3.63. The minimum Gasteiger partial charge on any atom is -0.311 e. The van der Waals surface area contributed by atoms with Crippen LogP contribution in [0.15, 0.2) is 24.5 Å². The molecule has 0 saturated carbocycles. The Morgan fingerprint density at radius 2 is 1.93 bits per heavy atom. The van der Waals surface area contributed by atoms with Gasteiger partial charge in [0.2, 0.25) is 0 Å². The molecule has 2 nitrogen and oxygen atoms in total. The Morgan fingerprint density at radius 1 is 1.20 bits per heavy atom. The zero-order valence-electron chi connectivity index (χ0n) is 8.73. The van der Waals surface area contributed by atoms with Gasteiger partial charge < -0.3 is 5.32 Å². The molecule has 2 aliphatic rings. The summed E-state index contributed by atoms with van der Waals surface area (Å²) in [6.07, 6.45) is 9.27. The Bertz CT molecular complexity index is 303. The fraction of sp³-hybridized carbons (Fsp3) is 0.583. The highest BCUT2D eigenvalue weighted by atomic mass is 35.5. The molecule has 0 amide bonds. The highest BCUT2D eigenvalue weighted by Gasteiger charge is 2.33. The van der Waals surface area contributed by atoms with Gasteiger partial charge in [-0.05, 0) is 43.2 Å². The number of hydrogen-bond acceptors (Lipinski definition) is 2. The molecule has 2 fully saturated rings. The van der Waals surface area contributed by atoms with Crippen LogP contribution >= 0.6 is 12.4 Å². The maximum atomic E-state index is 4.21. The molecule has 0 aliphatic carbocycles. The van der Waals surface area contributed by atoms with Crippen LogP contribution in [0.3, 0.4) is 0 Å². The lowest BCUT2D eigenvalue weighted by atomic mass is 9.87. The Balaban J connectivity index is 0.000000853. The highest BCUT2D eigenvalue weighted by Crippen LogP contribution is 2.36. The molecule has 3 heteroatoms. The van der Waals surface area contributed by atoms with Crippen LogP contribution in [0.1, 0.15) is 37.2 Å². The van der Waals surface area contributed by atoms with Crippen LogP contribution in [0.25, 0.3) is 0 Å². The van der Waals surface area contributed by atoms with Crippen LogP contribution in [0.5, 0.6) is 0 Å². The Labute approximate surface area is 96.9 Å². The van der Waals surface area contributed by atoms with E-state index >= 15 is 0 Å². The molecular weight excluding hydrogens is 208 g/mol. The van der Waals surface area contributed by atoms with Crippen LogP contribution < -0.4 is 5.32 Å². The molecule has 82 valence electrons. The molecule has 1 aromatic rings. The average molecular weight is 225 g/mol. The molecule has 15 heavy (non-hydrogen) atoms. The van der Waals surface area contributed by atoms with Crippen molar-refractivity contribution in [1.29, 1.82) is 0 Å². The van der Waals surface area contributed by atoms with E-state index in [9.17, 15) is 0 Å². The fourth-order valence-corrected chi connectivity index (χ4v) is 2.95. The molecule has 1 N–H and O–H groups in total. The monoisotopic (exact) mass is 224 g/mol. The number of piperidine rings is 1. The summed E-state index contributed by atoms with van der Waals surface area (Å²) in [6, 6.07) is 5.83. The third kappa shape index (κ3) is 2.16. The minimum atomic E-state index is 0. The van der Waals surface area contributed by atoms with E-state index in [2.05, 4.69) is 22.4 Å². The molecule has 3 rings (SSSR count). The molecule has 3 heterocycles. The average Bonchev–Trinajstić information content (AvgIpc) is 2.59. The molecule has 2 unspecified atom stereocenters. The molecular formula is C12H17ClN2. The van der Waals surface area contributed by atoms with Crippen molar-refractivity contribution in [3.8, 4) is 0 Å². The van der Waals surface area contributed by atoms with E-state index in [-0.39, 0.29) is 12.4 Å². The van der Waals surface area contributed by atoms with E-state index in [1.54, 1.807) is 0 Å². The van der Waals surface area contributed by atoms with E-state index in [4.69, 9.17) is 0 Å². The van der Waals surface area contributed by atoms with Crippen molar-refractivity contribution in [3.63, 3.8) is 0 Å². The van der Waals surface area contributed by atoms with Crippen molar-refractivity contribution in [1.82, 2.24) is 10.3 Å². The van der Waals surface area contributed by atoms with Gasteiger partial charge in [0.05, 0.1) is 0 Å². The van der Waals surface area contributed by atoms with Gasteiger partial charge >= 0.3 is 0 Å². The van der Waals surface area contributed by atoms with Gasteiger partial charge in [0.1, 0.15) is 0 Å². The summed E-state index contributed by atoms with van der Waals surface area (Å²) < 4.78 is 0. The first kappa shape index (κ1) is 10.9. The topological polar surface area (TPSA) is 24.9 Å². The van der Waals surface area contributed by atoms with Crippen molar-refractivity contribution in [2.75, 3.05) is 0 Å². The Morgan fingerprint density at radius 3 is 2.53 bits per heavy atom. The van der Waals surface area contributed by atoms with E-state index in [0.717, 1.165) is 18.0 Å². The van der Waals surface area contributed by atoms with E-state index in [0.29, 0.717) is 0 Å². The predicted molar refractivity (Wildman–Crippen MR) is 63.4 cm³/mol. The predicted octanol–water partition coefficient (Wildman–Crippen LogP) is 2.50. The number of aromatic nitrogens is 1. The summed E-state index contributed by atoms with van der Waals surface area (Å²) in [5.74, 6) is 0.752. The number of pyridine rings is 1. The van der Waals surface area contributed by atoms with Gasteiger partial charge in [-0.3, -0.25) is 4.98 Å². The van der Waals surface area contributed by atoms with Crippen LogP contribution in [-0.2, 0) is 0 Å². The minimum absolute atomic E-state index is 0. The molecule has 1 aromatic heterocycles. The lowest BCUT2D eigenvalue weighted by molar-refractivity contribution is 0.363. The van der Waals surface area contributed by atoms with Crippen molar-refractivity contribution < 1.29 is 0 Å². The molecule has 2 atom stereocenters. The van der Waals surface area contributed by atoms with Crippen LogP contribution in [0.2, 0.25) is 0 Å². The first-order chi connectivity index (χ1) is 6.92. The zero-order chi connectivity index (χ0) is 9.38. The third-order valence-electron chi connectivity index (χ3n) is 3.63. The van der Waals surface area contributed by atoms with Gasteiger partial charge in [-0.2, -0.15) is 0 Å². The normalized spacial score (nSPS) is 33.5. The second-order valence-corrected chi connectivity index (χ2v) is 4.59.